The maximum absolute atomic E-state index is 12.5. The fraction of sp³-hybridized carbons (Fsp3) is 0.217. The smallest absolute Gasteiger partial charge is 0.160 e. The Morgan fingerprint density at radius 2 is 0.952 bits per heavy atom. The third kappa shape index (κ3) is 6.43. The summed E-state index contributed by atoms with van der Waals surface area (Å²) in [5.74, 6) is -6.36. The van der Waals surface area contributed by atoms with Crippen LogP contribution in [0.2, 0.25) is 0 Å². The van der Waals surface area contributed by atoms with Crippen molar-refractivity contribution in [1.82, 2.24) is 0 Å². The van der Waals surface area contributed by atoms with Crippen LogP contribution in [-0.2, 0) is 6.42 Å². The molecule has 12 N–H and O–H groups in total. The Kier molecular flexibility index (Phi) is 9.65. The van der Waals surface area contributed by atoms with Crippen molar-refractivity contribution in [3.8, 4) is 74.7 Å². The molecule has 0 aromatic heterocycles. The summed E-state index contributed by atoms with van der Waals surface area (Å²) in [6.45, 7) is 0. The molecule has 3 aliphatic rings. The number of hydrogen-bond donors (Lipinski definition) is 12. The van der Waals surface area contributed by atoms with Crippen molar-refractivity contribution in [2.75, 3.05) is 7.11 Å². The first-order chi connectivity index (χ1) is 29.6. The minimum absolute atomic E-state index is 0.00194. The van der Waals surface area contributed by atoms with E-state index >= 15 is 0 Å². The highest BCUT2D eigenvalue weighted by molar-refractivity contribution is 5.72. The van der Waals surface area contributed by atoms with Crippen molar-refractivity contribution >= 4 is 0 Å². The number of benzene rings is 6. The van der Waals surface area contributed by atoms with Gasteiger partial charge in [-0.05, 0) is 71.3 Å². The molecule has 6 aromatic rings. The highest BCUT2D eigenvalue weighted by atomic mass is 16.5. The highest BCUT2D eigenvalue weighted by Gasteiger charge is 2.52. The summed E-state index contributed by atoms with van der Waals surface area (Å²) in [6, 6.07) is 19.5. The van der Waals surface area contributed by atoms with Gasteiger partial charge in [-0.2, -0.15) is 0 Å². The number of aliphatic hydroxyl groups excluding tert-OH is 3. The number of aliphatic hydroxyl groups is 3. The summed E-state index contributed by atoms with van der Waals surface area (Å²) in [7, 11) is 1.37. The predicted octanol–water partition coefficient (Wildman–Crippen LogP) is 5.34. The molecule has 3 aliphatic heterocycles. The van der Waals surface area contributed by atoms with Crippen LogP contribution in [-0.4, -0.2) is 86.7 Å². The number of methoxy groups -OCH3 is 1. The Hall–Kier alpha value is -7.40. The van der Waals surface area contributed by atoms with Gasteiger partial charge in [-0.25, -0.2) is 0 Å². The number of phenolic OH excluding ortho intramolecular Hbond substituents is 9. The van der Waals surface area contributed by atoms with Gasteiger partial charge in [0.25, 0.3) is 0 Å². The molecule has 0 saturated heterocycles. The van der Waals surface area contributed by atoms with E-state index < -0.39 is 83.0 Å². The van der Waals surface area contributed by atoms with Gasteiger partial charge in [0.1, 0.15) is 58.6 Å². The summed E-state index contributed by atoms with van der Waals surface area (Å²) in [6.07, 6.45) is -8.91. The zero-order chi connectivity index (χ0) is 43.9. The maximum atomic E-state index is 12.5. The number of aromatic hydroxyl groups is 9. The second kappa shape index (κ2) is 14.9. The Bertz CT molecular complexity index is 2750. The zero-order valence-electron chi connectivity index (χ0n) is 32.5. The zero-order valence-corrected chi connectivity index (χ0v) is 32.5. The monoisotopic (exact) mass is 848 g/mol. The molecule has 3 heterocycles. The molecule has 320 valence electrons. The second-order valence-corrected chi connectivity index (χ2v) is 15.5. The Labute approximate surface area is 351 Å². The van der Waals surface area contributed by atoms with Crippen molar-refractivity contribution in [2.24, 2.45) is 0 Å². The molecule has 0 saturated carbocycles. The lowest BCUT2D eigenvalue weighted by Crippen LogP contribution is -2.41. The average Bonchev–Trinajstić information content (AvgIpc) is 3.23. The van der Waals surface area contributed by atoms with Crippen molar-refractivity contribution < 1.29 is 80.2 Å². The van der Waals surface area contributed by atoms with Crippen LogP contribution in [0.3, 0.4) is 0 Å². The third-order valence-corrected chi connectivity index (χ3v) is 11.8. The Morgan fingerprint density at radius 1 is 0.452 bits per heavy atom. The van der Waals surface area contributed by atoms with Gasteiger partial charge in [0.15, 0.2) is 46.7 Å². The molecule has 0 aliphatic carbocycles. The fourth-order valence-corrected chi connectivity index (χ4v) is 8.94. The van der Waals surface area contributed by atoms with Gasteiger partial charge >= 0.3 is 0 Å². The van der Waals surface area contributed by atoms with Crippen LogP contribution in [0.1, 0.15) is 74.7 Å². The summed E-state index contributed by atoms with van der Waals surface area (Å²) in [5.41, 5.74) is 1.10. The van der Waals surface area contributed by atoms with Crippen LogP contribution in [0, 0.1) is 0 Å². The van der Waals surface area contributed by atoms with Crippen molar-refractivity contribution in [3.63, 3.8) is 0 Å². The molecule has 0 unspecified atom stereocenters. The minimum atomic E-state index is -1.65. The Morgan fingerprint density at radius 3 is 1.55 bits per heavy atom. The van der Waals surface area contributed by atoms with E-state index in [1.807, 2.05) is 0 Å². The van der Waals surface area contributed by atoms with Gasteiger partial charge in [-0.3, -0.25) is 0 Å². The fourth-order valence-electron chi connectivity index (χ4n) is 8.94. The van der Waals surface area contributed by atoms with Gasteiger partial charge in [0.2, 0.25) is 0 Å². The number of hydrogen-bond acceptors (Lipinski definition) is 16. The highest BCUT2D eigenvalue weighted by Crippen LogP contribution is 2.63. The van der Waals surface area contributed by atoms with Crippen molar-refractivity contribution in [1.29, 1.82) is 0 Å². The first-order valence-corrected chi connectivity index (χ1v) is 19.4. The third-order valence-electron chi connectivity index (χ3n) is 11.8. The molecule has 16 heteroatoms. The lowest BCUT2D eigenvalue weighted by Gasteiger charge is -2.46. The van der Waals surface area contributed by atoms with E-state index in [1.54, 1.807) is 6.07 Å². The molecular weight excluding hydrogens is 808 g/mol. The molecule has 6 aromatic carbocycles. The van der Waals surface area contributed by atoms with Crippen LogP contribution in [0.5, 0.6) is 74.7 Å². The average molecular weight is 849 g/mol. The first-order valence-electron chi connectivity index (χ1n) is 19.4. The quantitative estimate of drug-likeness (QED) is 0.0943. The van der Waals surface area contributed by atoms with E-state index in [2.05, 4.69) is 0 Å². The van der Waals surface area contributed by atoms with Gasteiger partial charge in [0, 0.05) is 58.2 Å². The largest absolute Gasteiger partial charge is 0.508 e. The molecule has 8 atom stereocenters. The molecular formula is C46H40O16. The molecule has 16 nitrogen and oxygen atoms in total. The SMILES string of the molecule is COc1ccc([C@H]2Oc3c(c4c(c5c3[C@H](c3ccc(O)c(O)c3)[C@@H](O)[C@@H](c3ccc(O)cc3O)O5)[C@@H](c3ccc(O)cc3O)[C@H](O)[C@H](c3ccc(O)c(O)c3)O4)C[C@@H]2O)cc1O. The normalized spacial score (nSPS) is 23.7. The van der Waals surface area contributed by atoms with E-state index in [9.17, 15) is 61.3 Å². The molecule has 0 bridgehead atoms. The number of fused-ring (bicyclic) bond motifs is 6. The van der Waals surface area contributed by atoms with Crippen molar-refractivity contribution in [3.05, 3.63) is 136 Å². The van der Waals surface area contributed by atoms with E-state index in [0.29, 0.717) is 5.56 Å². The summed E-state index contributed by atoms with van der Waals surface area (Å²) in [5, 5.41) is 133. The summed E-state index contributed by atoms with van der Waals surface area (Å²) < 4.78 is 25.5. The predicted molar refractivity (Wildman–Crippen MR) is 216 cm³/mol. The van der Waals surface area contributed by atoms with E-state index in [0.717, 1.165) is 12.1 Å². The topological polar surface area (TPSA) is 280 Å². The molecule has 0 amide bonds. The van der Waals surface area contributed by atoms with Crippen LogP contribution < -0.4 is 18.9 Å². The maximum Gasteiger partial charge on any atom is 0.160 e. The Balaban J connectivity index is 1.38. The molecule has 9 rings (SSSR count). The number of ether oxygens (including phenoxy) is 4. The van der Waals surface area contributed by atoms with Crippen LogP contribution in [0.25, 0.3) is 0 Å². The summed E-state index contributed by atoms with van der Waals surface area (Å²) >= 11 is 0. The molecule has 0 radical (unpaired) electrons. The summed E-state index contributed by atoms with van der Waals surface area (Å²) in [4.78, 5) is 0. The first kappa shape index (κ1) is 40.0. The minimum Gasteiger partial charge on any atom is -0.508 e. The lowest BCUT2D eigenvalue weighted by molar-refractivity contribution is -0.0173. The van der Waals surface area contributed by atoms with Crippen LogP contribution in [0.4, 0.5) is 0 Å². The molecule has 62 heavy (non-hydrogen) atoms. The number of phenols is 9. The van der Waals surface area contributed by atoms with Gasteiger partial charge < -0.3 is 80.2 Å². The van der Waals surface area contributed by atoms with Gasteiger partial charge in [-0.1, -0.05) is 24.3 Å². The van der Waals surface area contributed by atoms with E-state index in [-0.39, 0.29) is 85.6 Å². The van der Waals surface area contributed by atoms with Crippen LogP contribution >= 0.6 is 0 Å². The van der Waals surface area contributed by atoms with Crippen LogP contribution in [0.15, 0.2) is 91.0 Å². The molecule has 0 fully saturated rings. The number of rotatable bonds is 6. The van der Waals surface area contributed by atoms with E-state index in [4.69, 9.17) is 18.9 Å². The standard InChI is InChI=1S/C46H40O16/c1-59-34-11-4-19(14-32(34)55)41-33(56)17-25-43(60-41)37-35(18-2-9-26(49)30(53)12-18)39(57)45(24-8-6-22(48)16-29(24)52)62-46(37)38-36(23-7-5-21(47)15-28(23)51)40(58)42(61-44(25)38)20-3-10-27(50)31(54)13-20/h2-16,33,35-36,39-42,45,47-58H,17H2,1H3/t33-,35-,36+,39+,40-,41+,42-,45+/m0/s1. The van der Waals surface area contributed by atoms with Gasteiger partial charge in [-0.15, -0.1) is 0 Å². The van der Waals surface area contributed by atoms with E-state index in [1.165, 1.54) is 79.9 Å². The molecule has 0 spiro atoms. The second-order valence-electron chi connectivity index (χ2n) is 15.5. The lowest BCUT2D eigenvalue weighted by atomic mass is 9.72. The van der Waals surface area contributed by atoms with Gasteiger partial charge in [0.05, 0.1) is 13.2 Å². The van der Waals surface area contributed by atoms with Crippen molar-refractivity contribution in [2.45, 2.75) is 54.9 Å².